The largest absolute Gasteiger partial charge is 0.371 e. The van der Waals surface area contributed by atoms with Crippen molar-refractivity contribution < 1.29 is 0 Å². The van der Waals surface area contributed by atoms with Gasteiger partial charge >= 0.3 is 0 Å². The molecule has 1 saturated heterocycles. The van der Waals surface area contributed by atoms with Gasteiger partial charge in [0, 0.05) is 30.1 Å². The van der Waals surface area contributed by atoms with Gasteiger partial charge in [0.05, 0.1) is 6.04 Å². The predicted octanol–water partition coefficient (Wildman–Crippen LogP) is 6.03. The molecule has 0 spiro atoms. The molecule has 1 heterocycles. The lowest BCUT2D eigenvalue weighted by molar-refractivity contribution is 0.577. The van der Waals surface area contributed by atoms with E-state index in [4.69, 9.17) is 4.99 Å². The maximum atomic E-state index is 5.15. The maximum absolute atomic E-state index is 5.15. The zero-order valence-corrected chi connectivity index (χ0v) is 15.6. The van der Waals surface area contributed by atoms with Crippen molar-refractivity contribution in [3.05, 3.63) is 65.7 Å². The quantitative estimate of drug-likeness (QED) is 0.589. The third-order valence-electron chi connectivity index (χ3n) is 5.03. The second-order valence-corrected chi connectivity index (χ2v) is 6.98. The molecule has 0 aromatic heterocycles. The van der Waals surface area contributed by atoms with Crippen LogP contribution in [0.25, 0.3) is 0 Å². The molecule has 0 aliphatic carbocycles. The van der Waals surface area contributed by atoms with Gasteiger partial charge in [-0.25, -0.2) is 0 Å². The van der Waals surface area contributed by atoms with Crippen LogP contribution >= 0.6 is 0 Å². The second-order valence-electron chi connectivity index (χ2n) is 6.98. The predicted molar refractivity (Wildman–Crippen MR) is 109 cm³/mol. The van der Waals surface area contributed by atoms with Crippen LogP contribution in [0.15, 0.2) is 59.6 Å². The molecule has 25 heavy (non-hydrogen) atoms. The molecule has 0 bridgehead atoms. The monoisotopic (exact) mass is 334 g/mol. The molecule has 1 aliphatic rings. The van der Waals surface area contributed by atoms with Crippen LogP contribution in [0.5, 0.6) is 0 Å². The third kappa shape index (κ3) is 4.50. The number of hydrogen-bond donors (Lipinski definition) is 0. The molecule has 0 amide bonds. The maximum Gasteiger partial charge on any atom is 0.0724 e. The number of piperidine rings is 1. The lowest BCUT2D eigenvalue weighted by Crippen LogP contribution is -2.30. The fraction of sp³-hybridized carbons (Fsp3) is 0.435. The zero-order valence-electron chi connectivity index (χ0n) is 15.6. The Morgan fingerprint density at radius 3 is 2.36 bits per heavy atom. The normalized spacial score (nSPS) is 16.7. The second kappa shape index (κ2) is 8.84. The van der Waals surface area contributed by atoms with Gasteiger partial charge in [-0.2, -0.15) is 0 Å². The van der Waals surface area contributed by atoms with E-state index in [2.05, 4.69) is 73.3 Å². The molecule has 132 valence electrons. The fourth-order valence-electron chi connectivity index (χ4n) is 3.67. The van der Waals surface area contributed by atoms with Crippen molar-refractivity contribution in [3.8, 4) is 0 Å². The van der Waals surface area contributed by atoms with Gasteiger partial charge in [-0.05, 0) is 44.2 Å². The molecule has 1 atom stereocenters. The molecule has 0 radical (unpaired) electrons. The van der Waals surface area contributed by atoms with E-state index in [9.17, 15) is 0 Å². The Bertz CT molecular complexity index is 684. The molecule has 2 heteroatoms. The number of aliphatic imine (C=N–C) groups is 1. The first kappa shape index (κ1) is 17.7. The summed E-state index contributed by atoms with van der Waals surface area (Å²) in [6, 6.07) is 19.7. The van der Waals surface area contributed by atoms with Crippen molar-refractivity contribution in [3.63, 3.8) is 0 Å². The summed E-state index contributed by atoms with van der Waals surface area (Å²) < 4.78 is 0. The van der Waals surface area contributed by atoms with Crippen LogP contribution in [0.2, 0.25) is 0 Å². The van der Waals surface area contributed by atoms with Crippen LogP contribution < -0.4 is 4.90 Å². The Balaban J connectivity index is 1.94. The van der Waals surface area contributed by atoms with E-state index in [1.54, 1.807) is 0 Å². The van der Waals surface area contributed by atoms with Crippen LogP contribution in [0.3, 0.4) is 0 Å². The standard InChI is InChI=1S/C23H30N2/c1-3-12-22(24-19(2)20-13-6-4-7-14-20)21-15-8-9-16-23(21)25-17-10-5-11-18-25/h4,6-9,13-16,19H,3,5,10-12,17-18H2,1-2H3/t19-/m1/s1. The summed E-state index contributed by atoms with van der Waals surface area (Å²) in [7, 11) is 0. The van der Waals surface area contributed by atoms with Gasteiger partial charge in [-0.1, -0.05) is 61.9 Å². The van der Waals surface area contributed by atoms with Gasteiger partial charge in [0.25, 0.3) is 0 Å². The van der Waals surface area contributed by atoms with Gasteiger partial charge < -0.3 is 4.90 Å². The van der Waals surface area contributed by atoms with Gasteiger partial charge in [0.15, 0.2) is 0 Å². The van der Waals surface area contributed by atoms with E-state index >= 15 is 0 Å². The zero-order chi connectivity index (χ0) is 17.5. The first-order valence-electron chi connectivity index (χ1n) is 9.75. The van der Waals surface area contributed by atoms with E-state index in [1.165, 1.54) is 54.9 Å². The molecule has 3 rings (SSSR count). The Kier molecular flexibility index (Phi) is 6.27. The summed E-state index contributed by atoms with van der Waals surface area (Å²) in [4.78, 5) is 7.70. The Morgan fingerprint density at radius 1 is 0.960 bits per heavy atom. The van der Waals surface area contributed by atoms with Crippen molar-refractivity contribution in [1.82, 2.24) is 0 Å². The van der Waals surface area contributed by atoms with Crippen LogP contribution in [0.1, 0.15) is 63.1 Å². The first-order chi connectivity index (χ1) is 12.3. The van der Waals surface area contributed by atoms with Gasteiger partial charge in [0.1, 0.15) is 0 Å². The fourth-order valence-corrected chi connectivity index (χ4v) is 3.67. The smallest absolute Gasteiger partial charge is 0.0724 e. The van der Waals surface area contributed by atoms with E-state index < -0.39 is 0 Å². The molecular formula is C23H30N2. The summed E-state index contributed by atoms with van der Waals surface area (Å²) in [5.41, 5.74) is 5.23. The Hall–Kier alpha value is -2.09. The highest BCUT2D eigenvalue weighted by Gasteiger charge is 2.17. The van der Waals surface area contributed by atoms with Crippen LogP contribution in [-0.2, 0) is 0 Å². The van der Waals surface area contributed by atoms with Gasteiger partial charge in [0.2, 0.25) is 0 Å². The highest BCUT2D eigenvalue weighted by Crippen LogP contribution is 2.27. The van der Waals surface area contributed by atoms with E-state index in [1.807, 2.05) is 0 Å². The number of hydrogen-bond acceptors (Lipinski definition) is 2. The minimum Gasteiger partial charge on any atom is -0.371 e. The summed E-state index contributed by atoms with van der Waals surface area (Å²) in [6.45, 7) is 6.79. The van der Waals surface area contributed by atoms with Crippen LogP contribution in [0, 0.1) is 0 Å². The highest BCUT2D eigenvalue weighted by molar-refractivity contribution is 6.05. The van der Waals surface area contributed by atoms with Crippen molar-refractivity contribution in [1.29, 1.82) is 0 Å². The topological polar surface area (TPSA) is 15.6 Å². The van der Waals surface area contributed by atoms with Crippen molar-refractivity contribution in [2.75, 3.05) is 18.0 Å². The third-order valence-corrected chi connectivity index (χ3v) is 5.03. The summed E-state index contributed by atoms with van der Waals surface area (Å²) in [5.74, 6) is 0. The minimum absolute atomic E-state index is 0.192. The average Bonchev–Trinajstić information content (AvgIpc) is 2.69. The molecule has 2 aromatic carbocycles. The molecule has 2 aromatic rings. The van der Waals surface area contributed by atoms with Gasteiger partial charge in [-0.3, -0.25) is 4.99 Å². The molecule has 1 aliphatic heterocycles. The molecule has 0 unspecified atom stereocenters. The van der Waals surface area contributed by atoms with E-state index in [-0.39, 0.29) is 6.04 Å². The van der Waals surface area contributed by atoms with Crippen molar-refractivity contribution in [2.45, 2.75) is 52.0 Å². The number of para-hydroxylation sites is 1. The average molecular weight is 335 g/mol. The summed E-state index contributed by atoms with van der Waals surface area (Å²) >= 11 is 0. The molecule has 0 saturated carbocycles. The summed E-state index contributed by atoms with van der Waals surface area (Å²) in [5, 5.41) is 0. The molecule has 2 nitrogen and oxygen atoms in total. The summed E-state index contributed by atoms with van der Waals surface area (Å²) in [6.07, 6.45) is 6.11. The lowest BCUT2D eigenvalue weighted by Gasteiger charge is -2.31. The van der Waals surface area contributed by atoms with Crippen LogP contribution in [0.4, 0.5) is 5.69 Å². The Morgan fingerprint density at radius 2 is 1.64 bits per heavy atom. The lowest BCUT2D eigenvalue weighted by atomic mass is 10.00. The van der Waals surface area contributed by atoms with E-state index in [0.29, 0.717) is 0 Å². The van der Waals surface area contributed by atoms with Crippen molar-refractivity contribution >= 4 is 11.4 Å². The van der Waals surface area contributed by atoms with Crippen LogP contribution in [-0.4, -0.2) is 18.8 Å². The number of rotatable bonds is 6. The number of benzene rings is 2. The van der Waals surface area contributed by atoms with E-state index in [0.717, 1.165) is 12.8 Å². The molecular weight excluding hydrogens is 304 g/mol. The number of nitrogens with zero attached hydrogens (tertiary/aromatic N) is 2. The molecule has 0 N–H and O–H groups in total. The number of anilines is 1. The highest BCUT2D eigenvalue weighted by atomic mass is 15.1. The Labute approximate surface area is 152 Å². The molecule has 1 fully saturated rings. The first-order valence-corrected chi connectivity index (χ1v) is 9.75. The minimum atomic E-state index is 0.192. The van der Waals surface area contributed by atoms with Gasteiger partial charge in [-0.15, -0.1) is 0 Å². The SMILES string of the molecule is CCCC(=N[C@H](C)c1ccccc1)c1ccccc1N1CCCCC1. The van der Waals surface area contributed by atoms with Crippen molar-refractivity contribution in [2.24, 2.45) is 4.99 Å².